The first-order valence-electron chi connectivity index (χ1n) is 9.29. The lowest BCUT2D eigenvalue weighted by molar-refractivity contribution is 0.0759. The summed E-state index contributed by atoms with van der Waals surface area (Å²) >= 11 is 0. The average Bonchev–Trinajstić information content (AvgIpc) is 3.18. The Kier molecular flexibility index (Phi) is 3.77. The molecule has 1 aliphatic heterocycles. The number of H-pyrrole nitrogens is 1. The Balaban J connectivity index is 1.77. The number of hydrogen-bond donors (Lipinski definition) is 2. The Labute approximate surface area is 153 Å². The number of nitrogens with one attached hydrogen (secondary N) is 2. The van der Waals surface area contributed by atoms with Gasteiger partial charge in [0.1, 0.15) is 0 Å². The smallest absolute Gasteiger partial charge is 0.251 e. The van der Waals surface area contributed by atoms with Gasteiger partial charge in [-0.15, -0.1) is 0 Å². The maximum absolute atomic E-state index is 12.9. The molecule has 2 N–H and O–H groups in total. The molecule has 2 aromatic rings. The maximum Gasteiger partial charge on any atom is 0.251 e. The Hall–Kier alpha value is -2.14. The zero-order valence-electron chi connectivity index (χ0n) is 15.9. The van der Waals surface area contributed by atoms with Gasteiger partial charge in [-0.05, 0) is 42.0 Å². The van der Waals surface area contributed by atoms with Gasteiger partial charge in [0, 0.05) is 28.5 Å². The fourth-order valence-corrected chi connectivity index (χ4v) is 4.74. The molecule has 2 heterocycles. The molecule has 1 amide bonds. The largest absolute Gasteiger partial charge is 0.379 e. The summed E-state index contributed by atoms with van der Waals surface area (Å²) in [6, 6.07) is 5.72. The predicted octanol–water partition coefficient (Wildman–Crippen LogP) is 3.58. The van der Waals surface area contributed by atoms with Crippen LogP contribution in [-0.4, -0.2) is 35.9 Å². The van der Waals surface area contributed by atoms with Crippen molar-refractivity contribution in [2.24, 2.45) is 5.41 Å². The summed E-state index contributed by atoms with van der Waals surface area (Å²) in [7, 11) is 0. The number of aromatic nitrogens is 1. The van der Waals surface area contributed by atoms with Crippen LogP contribution in [0.1, 0.15) is 66.9 Å². The number of rotatable bonds is 2. The molecule has 1 fully saturated rings. The van der Waals surface area contributed by atoms with E-state index in [0.29, 0.717) is 24.5 Å². The second kappa shape index (κ2) is 5.68. The van der Waals surface area contributed by atoms with Gasteiger partial charge in [-0.1, -0.05) is 27.7 Å². The van der Waals surface area contributed by atoms with E-state index in [1.807, 2.05) is 32.0 Å². The van der Waals surface area contributed by atoms with Gasteiger partial charge in [-0.25, -0.2) is 0 Å². The van der Waals surface area contributed by atoms with Crippen LogP contribution in [0.2, 0.25) is 0 Å². The van der Waals surface area contributed by atoms with Crippen molar-refractivity contribution < 1.29 is 14.3 Å². The number of amides is 1. The molecule has 4 rings (SSSR count). The van der Waals surface area contributed by atoms with Crippen molar-refractivity contribution in [3.63, 3.8) is 0 Å². The van der Waals surface area contributed by atoms with Gasteiger partial charge in [-0.2, -0.15) is 0 Å². The summed E-state index contributed by atoms with van der Waals surface area (Å²) in [6.45, 7) is 9.64. The lowest BCUT2D eigenvalue weighted by Crippen LogP contribution is -2.39. The number of benzene rings is 1. The molecule has 1 atom stereocenters. The highest BCUT2D eigenvalue weighted by atomic mass is 16.5. The van der Waals surface area contributed by atoms with Crippen LogP contribution in [-0.2, 0) is 10.2 Å². The molecule has 2 aliphatic rings. The number of ether oxygens (including phenoxy) is 1. The zero-order chi connectivity index (χ0) is 18.7. The first-order valence-corrected chi connectivity index (χ1v) is 9.29. The summed E-state index contributed by atoms with van der Waals surface area (Å²) < 4.78 is 5.33. The molecule has 0 saturated carbocycles. The van der Waals surface area contributed by atoms with E-state index in [-0.39, 0.29) is 28.6 Å². The molecule has 0 radical (unpaired) electrons. The van der Waals surface area contributed by atoms with E-state index in [4.69, 9.17) is 4.74 Å². The third-order valence-electron chi connectivity index (χ3n) is 5.73. The van der Waals surface area contributed by atoms with E-state index in [2.05, 4.69) is 24.1 Å². The highest BCUT2D eigenvalue weighted by Crippen LogP contribution is 2.48. The van der Waals surface area contributed by atoms with Gasteiger partial charge in [0.2, 0.25) is 0 Å². The van der Waals surface area contributed by atoms with Gasteiger partial charge in [0.05, 0.1) is 18.3 Å². The molecule has 0 bridgehead atoms. The Morgan fingerprint density at radius 3 is 2.69 bits per heavy atom. The van der Waals surface area contributed by atoms with Crippen molar-refractivity contribution in [2.75, 3.05) is 13.2 Å². The van der Waals surface area contributed by atoms with Crippen LogP contribution in [0.5, 0.6) is 0 Å². The molecule has 1 aromatic heterocycles. The highest BCUT2D eigenvalue weighted by Gasteiger charge is 2.45. The molecule has 26 heavy (non-hydrogen) atoms. The average molecular weight is 354 g/mol. The van der Waals surface area contributed by atoms with Crippen LogP contribution in [0.15, 0.2) is 18.2 Å². The van der Waals surface area contributed by atoms with Crippen molar-refractivity contribution in [3.05, 3.63) is 35.0 Å². The molecule has 0 spiro atoms. The maximum atomic E-state index is 12.9. The summed E-state index contributed by atoms with van der Waals surface area (Å²) in [6.07, 6.45) is 1.64. The molecule has 1 aromatic carbocycles. The standard InChI is InChI=1S/C21H26N2O3/c1-20(2)11-21(3,4)18(24)17-16(20)14-9-12(5-6-15(14)23-17)19(25)22-13-7-8-26-10-13/h5-6,9,13,23H,7-8,10-11H2,1-4H3,(H,22,25)/t13-/m1/s1. The molecule has 138 valence electrons. The molecule has 5 heteroatoms. The second-order valence-corrected chi connectivity index (χ2v) is 8.94. The van der Waals surface area contributed by atoms with Gasteiger partial charge < -0.3 is 15.0 Å². The highest BCUT2D eigenvalue weighted by molar-refractivity contribution is 6.08. The number of carbonyl (C=O) groups is 2. The van der Waals surface area contributed by atoms with Gasteiger partial charge in [0.15, 0.2) is 5.78 Å². The Morgan fingerprint density at radius 2 is 2.00 bits per heavy atom. The van der Waals surface area contributed by atoms with E-state index in [1.165, 1.54) is 0 Å². The van der Waals surface area contributed by atoms with Crippen LogP contribution >= 0.6 is 0 Å². The quantitative estimate of drug-likeness (QED) is 0.866. The molecule has 1 saturated heterocycles. The SMILES string of the molecule is CC1(C)CC(C)(C)c2c([nH]c3ccc(C(=O)N[C@@H]4CCOC4)cc23)C1=O. The monoisotopic (exact) mass is 354 g/mol. The lowest BCUT2D eigenvalue weighted by atomic mass is 9.63. The van der Waals surface area contributed by atoms with Crippen LogP contribution in [0, 0.1) is 5.41 Å². The summed E-state index contributed by atoms with van der Waals surface area (Å²) in [5, 5.41) is 4.01. The second-order valence-electron chi connectivity index (χ2n) is 8.94. The molecular formula is C21H26N2O3. The minimum atomic E-state index is -0.389. The molecular weight excluding hydrogens is 328 g/mol. The summed E-state index contributed by atoms with van der Waals surface area (Å²) in [5.41, 5.74) is 2.74. The molecule has 1 aliphatic carbocycles. The number of hydrogen-bond acceptors (Lipinski definition) is 3. The van der Waals surface area contributed by atoms with Gasteiger partial charge in [-0.3, -0.25) is 9.59 Å². The Bertz CT molecular complexity index is 901. The fourth-order valence-electron chi connectivity index (χ4n) is 4.74. The summed E-state index contributed by atoms with van der Waals surface area (Å²) in [5.74, 6) is 0.0646. The first kappa shape index (κ1) is 17.3. The lowest BCUT2D eigenvalue weighted by Gasteiger charge is -2.39. The number of carbonyl (C=O) groups excluding carboxylic acids is 2. The number of aromatic amines is 1. The minimum absolute atomic E-state index is 0.0807. The van der Waals surface area contributed by atoms with Crippen LogP contribution in [0.3, 0.4) is 0 Å². The van der Waals surface area contributed by atoms with Crippen LogP contribution in [0.4, 0.5) is 0 Å². The number of fused-ring (bicyclic) bond motifs is 3. The number of Topliss-reactive ketones (excluding diaryl/α,β-unsaturated/α-hetero) is 1. The first-order chi connectivity index (χ1) is 12.2. The Morgan fingerprint density at radius 1 is 1.23 bits per heavy atom. The van der Waals surface area contributed by atoms with Crippen LogP contribution in [0.25, 0.3) is 10.9 Å². The van der Waals surface area contributed by atoms with Gasteiger partial charge >= 0.3 is 0 Å². The predicted molar refractivity (Wildman–Crippen MR) is 101 cm³/mol. The van der Waals surface area contributed by atoms with Crippen molar-refractivity contribution in [1.29, 1.82) is 0 Å². The van der Waals surface area contributed by atoms with Crippen molar-refractivity contribution >= 4 is 22.6 Å². The summed E-state index contributed by atoms with van der Waals surface area (Å²) in [4.78, 5) is 28.9. The van der Waals surface area contributed by atoms with Crippen molar-refractivity contribution in [1.82, 2.24) is 10.3 Å². The van der Waals surface area contributed by atoms with E-state index < -0.39 is 0 Å². The van der Waals surface area contributed by atoms with Crippen molar-refractivity contribution in [2.45, 2.75) is 52.0 Å². The molecule has 5 nitrogen and oxygen atoms in total. The molecule has 0 unspecified atom stereocenters. The number of ketones is 1. The van der Waals surface area contributed by atoms with E-state index in [0.717, 1.165) is 29.3 Å². The van der Waals surface area contributed by atoms with Crippen LogP contribution < -0.4 is 5.32 Å². The minimum Gasteiger partial charge on any atom is -0.379 e. The van der Waals surface area contributed by atoms with E-state index in [1.54, 1.807) is 0 Å². The fraction of sp³-hybridized carbons (Fsp3) is 0.524. The van der Waals surface area contributed by atoms with Gasteiger partial charge in [0.25, 0.3) is 5.91 Å². The van der Waals surface area contributed by atoms with E-state index >= 15 is 0 Å². The zero-order valence-corrected chi connectivity index (χ0v) is 15.9. The van der Waals surface area contributed by atoms with Crippen molar-refractivity contribution in [3.8, 4) is 0 Å². The topological polar surface area (TPSA) is 71.2 Å². The third kappa shape index (κ3) is 2.65. The normalized spacial score (nSPS) is 23.8. The third-order valence-corrected chi connectivity index (χ3v) is 5.73. The van der Waals surface area contributed by atoms with E-state index in [9.17, 15) is 9.59 Å².